The average molecular weight is 633 g/mol. The summed E-state index contributed by atoms with van der Waals surface area (Å²) in [6.07, 6.45) is 0.390. The Morgan fingerprint density at radius 1 is 0.889 bits per heavy atom. The first-order chi connectivity index (χ1) is 21.1. The van der Waals surface area contributed by atoms with Crippen molar-refractivity contribution in [3.05, 3.63) is 42.7 Å². The second kappa shape index (κ2) is 11.3. The molecule has 2 bridgehead atoms. The van der Waals surface area contributed by atoms with Crippen molar-refractivity contribution in [2.24, 2.45) is 17.3 Å². The molecule has 8 unspecified atom stereocenters. The number of carbonyl (C=O) groups is 5. The third-order valence-corrected chi connectivity index (χ3v) is 9.23. The molecule has 3 aliphatic rings. The molecule has 0 aromatic carbocycles. The highest BCUT2D eigenvalue weighted by Crippen LogP contribution is 2.70. The first-order valence-corrected chi connectivity index (χ1v) is 14.4. The van der Waals surface area contributed by atoms with Crippen LogP contribution >= 0.6 is 0 Å². The van der Waals surface area contributed by atoms with Gasteiger partial charge in [0.1, 0.15) is 48.8 Å². The minimum absolute atomic E-state index is 0.0186. The van der Waals surface area contributed by atoms with E-state index in [0.29, 0.717) is 0 Å². The molecule has 1 N–H and O–H groups in total. The second-order valence-electron chi connectivity index (χ2n) is 12.5. The molecule has 8 atom stereocenters. The summed E-state index contributed by atoms with van der Waals surface area (Å²) in [5, 5.41) is 12.3. The van der Waals surface area contributed by atoms with Crippen LogP contribution in [0.3, 0.4) is 0 Å². The molecule has 45 heavy (non-hydrogen) atoms. The summed E-state index contributed by atoms with van der Waals surface area (Å²) in [6, 6.07) is 2.73. The van der Waals surface area contributed by atoms with Gasteiger partial charge in [0.25, 0.3) is 0 Å². The minimum Gasteiger partial charge on any atom is -0.472 e. The van der Waals surface area contributed by atoms with E-state index in [4.69, 9.17) is 37.3 Å². The highest BCUT2D eigenvalue weighted by molar-refractivity contribution is 5.89. The maximum absolute atomic E-state index is 14.3. The molecule has 1 saturated heterocycles. The number of esters is 5. The molecule has 14 heteroatoms. The van der Waals surface area contributed by atoms with Gasteiger partial charge in [-0.05, 0) is 39.7 Å². The molecule has 2 aromatic rings. The summed E-state index contributed by atoms with van der Waals surface area (Å²) >= 11 is 0. The van der Waals surface area contributed by atoms with E-state index >= 15 is 0 Å². The monoisotopic (exact) mass is 632 g/mol. The molecule has 1 aliphatic heterocycles. The van der Waals surface area contributed by atoms with Gasteiger partial charge in [0.2, 0.25) is 0 Å². The van der Waals surface area contributed by atoms with Crippen molar-refractivity contribution in [1.29, 1.82) is 0 Å². The molecule has 3 fully saturated rings. The van der Waals surface area contributed by atoms with Crippen LogP contribution in [0.25, 0.3) is 0 Å². The highest BCUT2D eigenvalue weighted by Gasteiger charge is 2.87. The summed E-state index contributed by atoms with van der Waals surface area (Å²) in [6.45, 7) is 7.47. The van der Waals surface area contributed by atoms with Crippen LogP contribution < -0.4 is 4.74 Å². The van der Waals surface area contributed by atoms with Gasteiger partial charge in [-0.25, -0.2) is 4.79 Å². The van der Waals surface area contributed by atoms with Crippen LogP contribution in [0, 0.1) is 17.3 Å². The number of carbonyl (C=O) groups excluding carboxylic acids is 5. The van der Waals surface area contributed by atoms with Crippen LogP contribution in [0.5, 0.6) is 5.75 Å². The van der Waals surface area contributed by atoms with Crippen molar-refractivity contribution >= 4 is 29.8 Å². The smallest absolute Gasteiger partial charge is 0.341 e. The Morgan fingerprint density at radius 2 is 1.56 bits per heavy atom. The van der Waals surface area contributed by atoms with E-state index in [0.717, 1.165) is 27.0 Å². The first-order valence-electron chi connectivity index (χ1n) is 14.4. The Morgan fingerprint density at radius 3 is 2.13 bits per heavy atom. The van der Waals surface area contributed by atoms with Crippen LogP contribution in [-0.4, -0.2) is 76.7 Å². The van der Waals surface area contributed by atoms with Crippen LogP contribution in [0.15, 0.2) is 46.0 Å². The number of hydrogen-bond acceptors (Lipinski definition) is 14. The van der Waals surface area contributed by atoms with Gasteiger partial charge in [-0.3, -0.25) is 19.2 Å². The zero-order valence-corrected chi connectivity index (χ0v) is 25.7. The molecule has 0 amide bonds. The zero-order chi connectivity index (χ0) is 32.9. The molecule has 2 aromatic heterocycles. The SMILES string of the molecule is CC(=O)OCC12C(OC(C)=O)CCC(C)(O)C13OC(C)(C)C(C(C(=O)Oc1ccoc1)C2OC(=O)c1ccoc1)C3OC(C)=O. The molecular formula is C31H36O14. The van der Waals surface area contributed by atoms with Gasteiger partial charge >= 0.3 is 29.8 Å². The normalized spacial score (nSPS) is 34.6. The topological polar surface area (TPSA) is 187 Å². The van der Waals surface area contributed by atoms with Crippen LogP contribution in [0.2, 0.25) is 0 Å². The van der Waals surface area contributed by atoms with Gasteiger partial charge in [-0.1, -0.05) is 0 Å². The Balaban J connectivity index is 1.85. The number of furan rings is 2. The van der Waals surface area contributed by atoms with E-state index < -0.39 is 88.8 Å². The summed E-state index contributed by atoms with van der Waals surface area (Å²) < 4.78 is 46.2. The van der Waals surface area contributed by atoms with E-state index in [-0.39, 0.29) is 24.2 Å². The number of fused-ring (bicyclic) bond motifs is 1. The fraction of sp³-hybridized carbons (Fsp3) is 0.581. The van der Waals surface area contributed by atoms with E-state index in [9.17, 15) is 29.1 Å². The molecule has 0 radical (unpaired) electrons. The van der Waals surface area contributed by atoms with Crippen LogP contribution in [0.1, 0.15) is 64.7 Å². The van der Waals surface area contributed by atoms with Crippen molar-refractivity contribution in [3.63, 3.8) is 0 Å². The molecule has 3 heterocycles. The minimum atomic E-state index is -2.07. The van der Waals surface area contributed by atoms with Crippen molar-refractivity contribution < 1.29 is 66.3 Å². The molecule has 2 aliphatic carbocycles. The number of ether oxygens (including phenoxy) is 6. The predicted octanol–water partition coefficient (Wildman–Crippen LogP) is 2.75. The number of aliphatic hydroxyl groups is 1. The van der Waals surface area contributed by atoms with Crippen molar-refractivity contribution in [1.82, 2.24) is 0 Å². The summed E-state index contributed by atoms with van der Waals surface area (Å²) in [7, 11) is 0. The van der Waals surface area contributed by atoms with Gasteiger partial charge in [0, 0.05) is 32.8 Å². The number of rotatable bonds is 8. The van der Waals surface area contributed by atoms with Crippen molar-refractivity contribution in [2.75, 3.05) is 6.61 Å². The average Bonchev–Trinajstić information content (AvgIpc) is 3.68. The molecule has 1 spiro atoms. The third kappa shape index (κ3) is 5.09. The maximum atomic E-state index is 14.3. The van der Waals surface area contributed by atoms with E-state index in [1.54, 1.807) is 13.8 Å². The lowest BCUT2D eigenvalue weighted by Gasteiger charge is -2.65. The quantitative estimate of drug-likeness (QED) is 0.330. The van der Waals surface area contributed by atoms with E-state index in [1.807, 2.05) is 0 Å². The van der Waals surface area contributed by atoms with Crippen LogP contribution in [-0.2, 0) is 42.9 Å². The fourth-order valence-electron chi connectivity index (χ4n) is 7.76. The lowest BCUT2D eigenvalue weighted by Crippen LogP contribution is -2.83. The fourth-order valence-corrected chi connectivity index (χ4v) is 7.76. The van der Waals surface area contributed by atoms with Gasteiger partial charge in [0.05, 0.1) is 29.3 Å². The molecule has 244 valence electrons. The standard InChI is InChI=1S/C31H36O14/c1-16(32)40-15-30-21(41-17(2)33)7-10-29(6,37)31(30)25(42-18(3)34)23(28(4,5)45-31)22(27(36)43-20-9-12-39-14-20)24(30)44-26(35)19-8-11-38-13-19/h8-9,11-14,21-25,37H,7,10,15H2,1-6H3. The number of hydrogen-bond donors (Lipinski definition) is 1. The summed E-state index contributed by atoms with van der Waals surface area (Å²) in [4.78, 5) is 65.9. The van der Waals surface area contributed by atoms with Gasteiger partial charge < -0.3 is 42.4 Å². The van der Waals surface area contributed by atoms with Crippen molar-refractivity contribution in [2.45, 2.75) is 89.5 Å². The Labute approximate surface area is 258 Å². The third-order valence-electron chi connectivity index (χ3n) is 9.23. The van der Waals surface area contributed by atoms with Crippen LogP contribution in [0.4, 0.5) is 0 Å². The van der Waals surface area contributed by atoms with E-state index in [2.05, 4.69) is 0 Å². The van der Waals surface area contributed by atoms with Gasteiger partial charge in [0.15, 0.2) is 11.4 Å². The lowest BCUT2D eigenvalue weighted by molar-refractivity contribution is -0.344. The summed E-state index contributed by atoms with van der Waals surface area (Å²) in [5.41, 5.74) is -7.41. The molecule has 5 rings (SSSR count). The Bertz CT molecular complexity index is 1460. The molecule has 14 nitrogen and oxygen atoms in total. The first kappa shape index (κ1) is 32.2. The van der Waals surface area contributed by atoms with Gasteiger partial charge in [-0.2, -0.15) is 0 Å². The predicted molar refractivity (Wildman–Crippen MR) is 147 cm³/mol. The largest absolute Gasteiger partial charge is 0.472 e. The Kier molecular flexibility index (Phi) is 8.11. The van der Waals surface area contributed by atoms with Crippen molar-refractivity contribution in [3.8, 4) is 5.75 Å². The molecule has 2 saturated carbocycles. The highest BCUT2D eigenvalue weighted by atomic mass is 16.6. The zero-order valence-electron chi connectivity index (χ0n) is 25.7. The van der Waals surface area contributed by atoms with E-state index in [1.165, 1.54) is 37.8 Å². The Hall–Kier alpha value is -4.17. The molecular weight excluding hydrogens is 596 g/mol. The van der Waals surface area contributed by atoms with Gasteiger partial charge in [-0.15, -0.1) is 0 Å². The second-order valence-corrected chi connectivity index (χ2v) is 12.5. The summed E-state index contributed by atoms with van der Waals surface area (Å²) in [5.74, 6) is -6.77. The lowest BCUT2D eigenvalue weighted by atomic mass is 9.44. The maximum Gasteiger partial charge on any atom is 0.341 e.